The summed E-state index contributed by atoms with van der Waals surface area (Å²) in [4.78, 5) is 4.38. The van der Waals surface area contributed by atoms with Crippen molar-refractivity contribution in [3.63, 3.8) is 0 Å². The number of hydrogen-bond acceptors (Lipinski definition) is 3. The van der Waals surface area contributed by atoms with Gasteiger partial charge in [-0.15, -0.1) is 0 Å². The standard InChI is InChI=1S/C3H5NO2/c5-3-1-4-6-2-3/h1,3,5H,2H2/t3-/m0/s1. The molecule has 0 saturated carbocycles. The second-order valence-corrected chi connectivity index (χ2v) is 1.12. The first-order valence-electron chi connectivity index (χ1n) is 1.73. The monoisotopic (exact) mass is 87.0 g/mol. The van der Waals surface area contributed by atoms with Crippen molar-refractivity contribution in [1.29, 1.82) is 0 Å². The van der Waals surface area contributed by atoms with Crippen molar-refractivity contribution >= 4 is 6.21 Å². The van der Waals surface area contributed by atoms with Crippen LogP contribution in [0.5, 0.6) is 0 Å². The van der Waals surface area contributed by atoms with Crippen molar-refractivity contribution < 1.29 is 9.94 Å². The van der Waals surface area contributed by atoms with Gasteiger partial charge in [0.05, 0.1) is 6.21 Å². The topological polar surface area (TPSA) is 41.8 Å². The molecule has 0 aromatic heterocycles. The summed E-state index contributed by atoms with van der Waals surface area (Å²) in [6.45, 7) is 0.319. The largest absolute Gasteiger partial charge is 0.393 e. The summed E-state index contributed by atoms with van der Waals surface area (Å²) in [7, 11) is 0. The fourth-order valence-corrected chi connectivity index (χ4v) is 0.276. The molecule has 6 heavy (non-hydrogen) atoms. The van der Waals surface area contributed by atoms with Gasteiger partial charge in [-0.05, 0) is 0 Å². The van der Waals surface area contributed by atoms with Crippen molar-refractivity contribution in [1.82, 2.24) is 0 Å². The van der Waals surface area contributed by atoms with E-state index in [9.17, 15) is 0 Å². The van der Waals surface area contributed by atoms with Gasteiger partial charge in [0.2, 0.25) is 0 Å². The van der Waals surface area contributed by atoms with Crippen LogP contribution in [0.4, 0.5) is 0 Å². The molecule has 0 aromatic carbocycles. The van der Waals surface area contributed by atoms with Gasteiger partial charge >= 0.3 is 0 Å². The van der Waals surface area contributed by atoms with Crippen LogP contribution in [0.2, 0.25) is 0 Å². The summed E-state index contributed by atoms with van der Waals surface area (Å²) >= 11 is 0. The smallest absolute Gasteiger partial charge is 0.148 e. The molecule has 0 radical (unpaired) electrons. The number of rotatable bonds is 0. The number of oxime groups is 1. The van der Waals surface area contributed by atoms with E-state index in [0.29, 0.717) is 6.61 Å². The quantitative estimate of drug-likeness (QED) is 0.427. The highest BCUT2D eigenvalue weighted by Gasteiger charge is 2.04. The maximum atomic E-state index is 8.45. The molecule has 0 amide bonds. The van der Waals surface area contributed by atoms with Gasteiger partial charge in [0.25, 0.3) is 0 Å². The molecule has 0 bridgehead atoms. The lowest BCUT2D eigenvalue weighted by molar-refractivity contribution is 0.106. The van der Waals surface area contributed by atoms with E-state index < -0.39 is 6.10 Å². The van der Waals surface area contributed by atoms with Gasteiger partial charge in [-0.2, -0.15) is 0 Å². The highest BCUT2D eigenvalue weighted by molar-refractivity contribution is 5.63. The highest BCUT2D eigenvalue weighted by atomic mass is 16.6. The third-order valence-electron chi connectivity index (χ3n) is 0.553. The van der Waals surface area contributed by atoms with Crippen LogP contribution in [-0.2, 0) is 4.84 Å². The molecule has 0 aromatic rings. The minimum absolute atomic E-state index is 0.319. The van der Waals surface area contributed by atoms with Crippen LogP contribution in [0.3, 0.4) is 0 Å². The van der Waals surface area contributed by atoms with Crippen molar-refractivity contribution in [2.24, 2.45) is 5.16 Å². The number of nitrogens with zero attached hydrogens (tertiary/aromatic N) is 1. The molecule has 1 aliphatic heterocycles. The highest BCUT2D eigenvalue weighted by Crippen LogP contribution is 1.89. The molecule has 3 nitrogen and oxygen atoms in total. The molecule has 34 valence electrons. The molecule has 0 spiro atoms. The Morgan fingerprint density at radius 2 is 2.83 bits per heavy atom. The molecule has 1 heterocycles. The van der Waals surface area contributed by atoms with E-state index in [1.165, 1.54) is 6.21 Å². The van der Waals surface area contributed by atoms with Crippen LogP contribution in [-0.4, -0.2) is 24.0 Å². The van der Waals surface area contributed by atoms with Gasteiger partial charge < -0.3 is 9.94 Å². The van der Waals surface area contributed by atoms with E-state index in [1.54, 1.807) is 0 Å². The summed E-state index contributed by atoms with van der Waals surface area (Å²) in [5, 5.41) is 11.7. The third-order valence-corrected chi connectivity index (χ3v) is 0.553. The second-order valence-electron chi connectivity index (χ2n) is 1.12. The lowest BCUT2D eigenvalue weighted by atomic mass is 10.4. The molecule has 0 saturated heterocycles. The van der Waals surface area contributed by atoms with E-state index in [2.05, 4.69) is 9.99 Å². The molecule has 3 heteroatoms. The predicted molar refractivity (Wildman–Crippen MR) is 20.5 cm³/mol. The van der Waals surface area contributed by atoms with Crippen molar-refractivity contribution in [3.8, 4) is 0 Å². The third kappa shape index (κ3) is 0.490. The van der Waals surface area contributed by atoms with Crippen LogP contribution < -0.4 is 0 Å². The average Bonchev–Trinajstić information content (AvgIpc) is 1.86. The summed E-state index contributed by atoms with van der Waals surface area (Å²) in [5.74, 6) is 0. The summed E-state index contributed by atoms with van der Waals surface area (Å²) < 4.78 is 0. The van der Waals surface area contributed by atoms with Gasteiger partial charge in [-0.1, -0.05) is 5.16 Å². The Morgan fingerprint density at radius 3 is 3.00 bits per heavy atom. The Hall–Kier alpha value is -0.570. The van der Waals surface area contributed by atoms with Crippen LogP contribution in [0.1, 0.15) is 0 Å². The van der Waals surface area contributed by atoms with Gasteiger partial charge in [0.15, 0.2) is 0 Å². The molecular formula is C3H5NO2. The Bertz CT molecular complexity index is 71.2. The lowest BCUT2D eigenvalue weighted by Crippen LogP contribution is -2.06. The summed E-state index contributed by atoms with van der Waals surface area (Å²) in [5.41, 5.74) is 0. The molecular weight excluding hydrogens is 82.0 g/mol. The Balaban J connectivity index is 2.38. The number of aliphatic hydroxyl groups excluding tert-OH is 1. The van der Waals surface area contributed by atoms with Crippen molar-refractivity contribution in [2.75, 3.05) is 6.61 Å². The van der Waals surface area contributed by atoms with E-state index in [-0.39, 0.29) is 0 Å². The zero-order valence-electron chi connectivity index (χ0n) is 3.16. The van der Waals surface area contributed by atoms with E-state index in [0.717, 1.165) is 0 Å². The lowest BCUT2D eigenvalue weighted by Gasteiger charge is -1.86. The molecule has 1 aliphatic rings. The Kier molecular flexibility index (Phi) is 0.759. The van der Waals surface area contributed by atoms with Crippen LogP contribution in [0.25, 0.3) is 0 Å². The van der Waals surface area contributed by atoms with Crippen LogP contribution in [0.15, 0.2) is 5.16 Å². The first kappa shape index (κ1) is 3.61. The average molecular weight is 87.1 g/mol. The second kappa shape index (κ2) is 1.26. The maximum Gasteiger partial charge on any atom is 0.148 e. The van der Waals surface area contributed by atoms with Gasteiger partial charge in [-0.3, -0.25) is 0 Å². The molecule has 0 fully saturated rings. The van der Waals surface area contributed by atoms with E-state index in [1.807, 2.05) is 0 Å². The summed E-state index contributed by atoms with van der Waals surface area (Å²) in [6.07, 6.45) is 0.894. The fourth-order valence-electron chi connectivity index (χ4n) is 0.276. The van der Waals surface area contributed by atoms with Crippen molar-refractivity contribution in [2.45, 2.75) is 6.10 Å². The molecule has 0 aliphatic carbocycles. The Morgan fingerprint density at radius 1 is 2.00 bits per heavy atom. The SMILES string of the molecule is O[C@H]1C=NOC1. The molecule has 0 unspecified atom stereocenters. The zero-order valence-corrected chi connectivity index (χ0v) is 3.16. The Labute approximate surface area is 35.2 Å². The summed E-state index contributed by atoms with van der Waals surface area (Å²) in [6, 6.07) is 0. The van der Waals surface area contributed by atoms with Crippen LogP contribution in [0, 0.1) is 0 Å². The minimum atomic E-state index is -0.468. The first-order valence-corrected chi connectivity index (χ1v) is 1.73. The van der Waals surface area contributed by atoms with E-state index in [4.69, 9.17) is 5.11 Å². The minimum Gasteiger partial charge on any atom is -0.393 e. The molecule has 1 rings (SSSR count). The van der Waals surface area contributed by atoms with Gasteiger partial charge in [0.1, 0.15) is 12.7 Å². The maximum absolute atomic E-state index is 8.45. The first-order chi connectivity index (χ1) is 2.89. The molecule has 1 N–H and O–H groups in total. The van der Waals surface area contributed by atoms with Crippen LogP contribution >= 0.6 is 0 Å². The van der Waals surface area contributed by atoms with Crippen molar-refractivity contribution in [3.05, 3.63) is 0 Å². The molecule has 1 atom stereocenters. The fraction of sp³-hybridized carbons (Fsp3) is 0.667. The van der Waals surface area contributed by atoms with Gasteiger partial charge in [-0.25, -0.2) is 0 Å². The normalized spacial score (nSPS) is 30.5. The number of hydrogen-bond donors (Lipinski definition) is 1. The van der Waals surface area contributed by atoms with E-state index >= 15 is 0 Å². The number of aliphatic hydroxyl groups is 1. The predicted octanol–water partition coefficient (Wildman–Crippen LogP) is -0.637. The zero-order chi connectivity index (χ0) is 4.41. The van der Waals surface area contributed by atoms with Gasteiger partial charge in [0, 0.05) is 0 Å².